The molecule has 0 aliphatic heterocycles. The van der Waals surface area contributed by atoms with Crippen molar-refractivity contribution in [3.8, 4) is 0 Å². The van der Waals surface area contributed by atoms with E-state index in [0.717, 1.165) is 57.8 Å². The van der Waals surface area contributed by atoms with E-state index in [2.05, 4.69) is 12.2 Å². The Morgan fingerprint density at radius 3 is 1.70 bits per heavy atom. The Bertz CT molecular complexity index is 469. The zero-order valence-electron chi connectivity index (χ0n) is 18.7. The van der Waals surface area contributed by atoms with E-state index in [9.17, 15) is 19.5 Å². The zero-order valence-corrected chi connectivity index (χ0v) is 18.7. The van der Waals surface area contributed by atoms with Crippen LogP contribution in [0.5, 0.6) is 0 Å². The van der Waals surface area contributed by atoms with Crippen molar-refractivity contribution in [1.82, 2.24) is 5.32 Å². The molecule has 0 heterocycles. The van der Waals surface area contributed by atoms with Gasteiger partial charge in [0, 0.05) is 12.8 Å². The molecule has 0 aliphatic rings. The number of hydrogen-bond acceptors (Lipinski definition) is 4. The summed E-state index contributed by atoms with van der Waals surface area (Å²) in [6.45, 7) is 2.19. The van der Waals surface area contributed by atoms with Gasteiger partial charge in [0.2, 0.25) is 5.91 Å². The number of carboxylic acid groups (broad SMARTS) is 2. The molecular weight excluding hydrogens is 386 g/mol. The van der Waals surface area contributed by atoms with E-state index in [1.54, 1.807) is 0 Å². The fraction of sp³-hybridized carbons (Fsp3) is 0.870. The third-order valence-electron chi connectivity index (χ3n) is 5.36. The summed E-state index contributed by atoms with van der Waals surface area (Å²) >= 11 is 0. The van der Waals surface area contributed by atoms with Crippen LogP contribution in [0, 0.1) is 0 Å². The summed E-state index contributed by atoms with van der Waals surface area (Å²) in [5.74, 6) is -2.61. The van der Waals surface area contributed by atoms with Gasteiger partial charge in [-0.1, -0.05) is 77.6 Å². The van der Waals surface area contributed by atoms with Crippen LogP contribution in [0.4, 0.5) is 0 Å². The summed E-state index contributed by atoms with van der Waals surface area (Å²) in [7, 11) is 0. The van der Waals surface area contributed by atoms with Crippen LogP contribution in [-0.2, 0) is 14.4 Å². The molecular formula is C23H43NO6. The monoisotopic (exact) mass is 429 g/mol. The van der Waals surface area contributed by atoms with Gasteiger partial charge in [-0.3, -0.25) is 9.59 Å². The number of aliphatic hydroxyl groups excluding tert-OH is 1. The largest absolute Gasteiger partial charge is 0.481 e. The molecule has 0 aromatic heterocycles. The molecule has 0 bridgehead atoms. The molecule has 0 spiro atoms. The number of amides is 1. The van der Waals surface area contributed by atoms with Crippen LogP contribution in [0.1, 0.15) is 116 Å². The number of unbranched alkanes of at least 4 members (excludes halogenated alkanes) is 10. The van der Waals surface area contributed by atoms with E-state index in [1.807, 2.05) is 0 Å². The Labute approximate surface area is 181 Å². The van der Waals surface area contributed by atoms with Crippen molar-refractivity contribution >= 4 is 17.8 Å². The van der Waals surface area contributed by atoms with Crippen LogP contribution in [0.25, 0.3) is 0 Å². The lowest BCUT2D eigenvalue weighted by molar-refractivity contribution is -0.143. The topological polar surface area (TPSA) is 124 Å². The predicted octanol–water partition coefficient (Wildman–Crippen LogP) is 4.65. The van der Waals surface area contributed by atoms with E-state index in [0.29, 0.717) is 6.42 Å². The second-order valence-electron chi connectivity index (χ2n) is 8.26. The molecule has 176 valence electrons. The smallest absolute Gasteiger partial charge is 0.326 e. The second-order valence-corrected chi connectivity index (χ2v) is 8.26. The quantitative estimate of drug-likeness (QED) is 0.197. The maximum atomic E-state index is 11.8. The summed E-state index contributed by atoms with van der Waals surface area (Å²) in [5, 5.41) is 30.0. The molecule has 0 radical (unpaired) electrons. The molecule has 0 fully saturated rings. The molecule has 7 heteroatoms. The Morgan fingerprint density at radius 2 is 1.20 bits per heavy atom. The van der Waals surface area contributed by atoms with Gasteiger partial charge in [-0.15, -0.1) is 0 Å². The van der Waals surface area contributed by atoms with Crippen molar-refractivity contribution in [1.29, 1.82) is 0 Å². The molecule has 0 saturated carbocycles. The minimum atomic E-state index is -1.20. The highest BCUT2D eigenvalue weighted by molar-refractivity contribution is 5.83. The third kappa shape index (κ3) is 18.4. The molecule has 0 rings (SSSR count). The van der Waals surface area contributed by atoms with Crippen molar-refractivity contribution in [2.45, 2.75) is 128 Å². The lowest BCUT2D eigenvalue weighted by atomic mass is 10.0. The first kappa shape index (κ1) is 28.4. The minimum absolute atomic E-state index is 0.105. The van der Waals surface area contributed by atoms with Gasteiger partial charge < -0.3 is 20.6 Å². The van der Waals surface area contributed by atoms with Gasteiger partial charge in [0.05, 0.1) is 6.10 Å². The van der Waals surface area contributed by atoms with Gasteiger partial charge in [0.1, 0.15) is 6.04 Å². The van der Waals surface area contributed by atoms with Crippen molar-refractivity contribution in [2.75, 3.05) is 0 Å². The average molecular weight is 430 g/mol. The summed E-state index contributed by atoms with van der Waals surface area (Å²) in [4.78, 5) is 33.4. The Morgan fingerprint density at radius 1 is 0.700 bits per heavy atom. The number of rotatable bonds is 21. The lowest BCUT2D eigenvalue weighted by Crippen LogP contribution is -2.41. The summed E-state index contributed by atoms with van der Waals surface area (Å²) in [6, 6.07) is -1.14. The highest BCUT2D eigenvalue weighted by Gasteiger charge is 2.20. The van der Waals surface area contributed by atoms with Gasteiger partial charge in [-0.05, 0) is 25.7 Å². The molecule has 0 saturated heterocycles. The maximum Gasteiger partial charge on any atom is 0.326 e. The van der Waals surface area contributed by atoms with E-state index in [4.69, 9.17) is 10.2 Å². The number of carbonyl (C=O) groups excluding carboxylic acids is 1. The fourth-order valence-corrected chi connectivity index (χ4v) is 3.47. The SMILES string of the molecule is CCCCCCC(O)CCCCCCCCCCC(=O)NC(CCC(=O)O)C(=O)O. The normalized spacial score (nSPS) is 13.0. The molecule has 30 heavy (non-hydrogen) atoms. The molecule has 2 atom stereocenters. The minimum Gasteiger partial charge on any atom is -0.481 e. The lowest BCUT2D eigenvalue weighted by Gasteiger charge is -2.13. The number of nitrogens with one attached hydrogen (secondary N) is 1. The third-order valence-corrected chi connectivity index (χ3v) is 5.36. The van der Waals surface area contributed by atoms with Crippen LogP contribution >= 0.6 is 0 Å². The number of carbonyl (C=O) groups is 3. The zero-order chi connectivity index (χ0) is 22.6. The van der Waals surface area contributed by atoms with E-state index >= 15 is 0 Å². The fourth-order valence-electron chi connectivity index (χ4n) is 3.47. The van der Waals surface area contributed by atoms with Crippen LogP contribution in [-0.4, -0.2) is 45.3 Å². The second kappa shape index (κ2) is 19.3. The van der Waals surface area contributed by atoms with Crippen LogP contribution < -0.4 is 5.32 Å². The van der Waals surface area contributed by atoms with E-state index < -0.39 is 18.0 Å². The van der Waals surface area contributed by atoms with Gasteiger partial charge in [0.25, 0.3) is 0 Å². The van der Waals surface area contributed by atoms with Crippen molar-refractivity contribution in [3.63, 3.8) is 0 Å². The van der Waals surface area contributed by atoms with Crippen LogP contribution in [0.15, 0.2) is 0 Å². The van der Waals surface area contributed by atoms with Gasteiger partial charge in [0.15, 0.2) is 0 Å². The molecule has 4 N–H and O–H groups in total. The number of aliphatic hydroxyl groups is 1. The predicted molar refractivity (Wildman–Crippen MR) is 117 cm³/mol. The number of carboxylic acids is 2. The highest BCUT2D eigenvalue weighted by atomic mass is 16.4. The van der Waals surface area contributed by atoms with E-state index in [-0.39, 0.29) is 31.3 Å². The summed E-state index contributed by atoms with van der Waals surface area (Å²) < 4.78 is 0. The molecule has 7 nitrogen and oxygen atoms in total. The van der Waals surface area contributed by atoms with Gasteiger partial charge in [-0.25, -0.2) is 4.79 Å². The van der Waals surface area contributed by atoms with Crippen molar-refractivity contribution < 1.29 is 29.7 Å². The molecule has 2 unspecified atom stereocenters. The molecule has 0 aromatic rings. The first-order valence-corrected chi connectivity index (χ1v) is 11.8. The van der Waals surface area contributed by atoms with Crippen molar-refractivity contribution in [3.05, 3.63) is 0 Å². The highest BCUT2D eigenvalue weighted by Crippen LogP contribution is 2.14. The van der Waals surface area contributed by atoms with Gasteiger partial charge >= 0.3 is 11.9 Å². The first-order chi connectivity index (χ1) is 14.4. The number of hydrogen-bond donors (Lipinski definition) is 4. The average Bonchev–Trinajstić information content (AvgIpc) is 2.69. The summed E-state index contributed by atoms with van der Waals surface area (Å²) in [6.07, 6.45) is 14.8. The Kier molecular flexibility index (Phi) is 18.3. The maximum absolute atomic E-state index is 11.8. The molecule has 0 aliphatic carbocycles. The van der Waals surface area contributed by atoms with Crippen LogP contribution in [0.2, 0.25) is 0 Å². The Hall–Kier alpha value is -1.63. The Balaban J connectivity index is 3.54. The standard InChI is InChI=1S/C23H43NO6/c1-2-3-4-11-14-19(25)15-12-9-7-5-6-8-10-13-16-21(26)24-20(23(29)30)17-18-22(27)28/h19-20,25H,2-18H2,1H3,(H,24,26)(H,27,28)(H,29,30). The van der Waals surface area contributed by atoms with E-state index in [1.165, 1.54) is 25.7 Å². The first-order valence-electron chi connectivity index (χ1n) is 11.8. The van der Waals surface area contributed by atoms with Crippen LogP contribution in [0.3, 0.4) is 0 Å². The summed E-state index contributed by atoms with van der Waals surface area (Å²) in [5.41, 5.74) is 0. The van der Waals surface area contributed by atoms with Gasteiger partial charge in [-0.2, -0.15) is 0 Å². The number of aliphatic carboxylic acids is 2. The molecule has 0 aromatic carbocycles. The van der Waals surface area contributed by atoms with Crippen molar-refractivity contribution in [2.24, 2.45) is 0 Å². The molecule has 1 amide bonds.